The van der Waals surface area contributed by atoms with Gasteiger partial charge >= 0.3 is 0 Å². The summed E-state index contributed by atoms with van der Waals surface area (Å²) in [6.07, 6.45) is 4.77. The molecule has 1 aromatic rings. The molecule has 3 fully saturated rings. The summed E-state index contributed by atoms with van der Waals surface area (Å²) in [6.45, 7) is 3.73. The second-order valence-electron chi connectivity index (χ2n) is 8.25. The molecule has 8 heteroatoms. The van der Waals surface area contributed by atoms with E-state index in [1.54, 1.807) is 0 Å². The highest BCUT2D eigenvalue weighted by Crippen LogP contribution is 2.43. The van der Waals surface area contributed by atoms with Crippen molar-refractivity contribution < 1.29 is 19.1 Å². The van der Waals surface area contributed by atoms with Crippen molar-refractivity contribution in [2.75, 3.05) is 38.2 Å². The quantitative estimate of drug-likeness (QED) is 0.851. The molecule has 2 atom stereocenters. The fourth-order valence-electron chi connectivity index (χ4n) is 4.56. The Bertz CT molecular complexity index is 756. The third-order valence-corrected chi connectivity index (χ3v) is 7.41. The van der Waals surface area contributed by atoms with Gasteiger partial charge in [-0.25, -0.2) is 4.98 Å². The van der Waals surface area contributed by atoms with E-state index in [0.29, 0.717) is 38.1 Å². The van der Waals surface area contributed by atoms with Crippen LogP contribution in [0.5, 0.6) is 0 Å². The zero-order chi connectivity index (χ0) is 18.4. The van der Waals surface area contributed by atoms with Gasteiger partial charge in [0.1, 0.15) is 0 Å². The lowest BCUT2D eigenvalue weighted by Crippen LogP contribution is -2.42. The van der Waals surface area contributed by atoms with E-state index in [9.17, 15) is 9.59 Å². The van der Waals surface area contributed by atoms with Crippen LogP contribution in [-0.2, 0) is 31.1 Å². The molecule has 27 heavy (non-hydrogen) atoms. The lowest BCUT2D eigenvalue weighted by Gasteiger charge is -2.32. The Balaban J connectivity index is 1.33. The molecule has 7 nitrogen and oxygen atoms in total. The average molecular weight is 391 g/mol. The molecule has 5 rings (SSSR count). The Kier molecular flexibility index (Phi) is 4.44. The van der Waals surface area contributed by atoms with Crippen molar-refractivity contribution in [3.05, 3.63) is 10.6 Å². The molecule has 4 aliphatic rings. The van der Waals surface area contributed by atoms with Crippen LogP contribution < -0.4 is 5.32 Å². The van der Waals surface area contributed by atoms with E-state index in [4.69, 9.17) is 14.5 Å². The molecular weight excluding hydrogens is 366 g/mol. The first kappa shape index (κ1) is 17.6. The summed E-state index contributed by atoms with van der Waals surface area (Å²) in [5.41, 5.74) is 0.791. The molecule has 1 aliphatic carbocycles. The number of anilines is 1. The number of fused-ring (bicyclic) bond motifs is 2. The third-order valence-electron chi connectivity index (χ3n) is 6.46. The maximum absolute atomic E-state index is 12.8. The normalized spacial score (nSPS) is 30.4. The smallest absolute Gasteiger partial charge is 0.229 e. The molecule has 0 radical (unpaired) electrons. The summed E-state index contributed by atoms with van der Waals surface area (Å²) in [5.74, 6) is 0.429. The van der Waals surface area contributed by atoms with E-state index in [1.165, 1.54) is 11.3 Å². The molecule has 2 amide bonds. The monoisotopic (exact) mass is 391 g/mol. The number of carbonyl (C=O) groups is 2. The first-order valence-corrected chi connectivity index (χ1v) is 10.7. The minimum Gasteiger partial charge on any atom is -0.381 e. The van der Waals surface area contributed by atoms with E-state index in [-0.39, 0.29) is 29.1 Å². The van der Waals surface area contributed by atoms with E-state index >= 15 is 0 Å². The lowest BCUT2D eigenvalue weighted by atomic mass is 9.82. The third kappa shape index (κ3) is 3.07. The maximum Gasteiger partial charge on any atom is 0.229 e. The van der Waals surface area contributed by atoms with Gasteiger partial charge in [-0.3, -0.25) is 9.59 Å². The Hall–Kier alpha value is -1.51. The van der Waals surface area contributed by atoms with Crippen molar-refractivity contribution in [3.63, 3.8) is 0 Å². The van der Waals surface area contributed by atoms with Crippen molar-refractivity contribution in [2.45, 2.75) is 44.1 Å². The summed E-state index contributed by atoms with van der Waals surface area (Å²) < 4.78 is 11.3. The van der Waals surface area contributed by atoms with Crippen molar-refractivity contribution in [1.82, 2.24) is 9.88 Å². The number of ether oxygens (including phenoxy) is 2. The minimum atomic E-state index is -0.237. The van der Waals surface area contributed by atoms with Gasteiger partial charge in [0.15, 0.2) is 5.13 Å². The van der Waals surface area contributed by atoms with E-state index < -0.39 is 0 Å². The standard InChI is InChI=1S/C19H25N3O4S/c23-16(12-2-1-3-12)21-18-20-15-14(27-18)9-26-11-19(15)5-6-22(10-19)17(24)13-4-7-25-8-13/h12-13H,1-11H2,(H,20,21,23). The van der Waals surface area contributed by atoms with Gasteiger partial charge in [0.25, 0.3) is 0 Å². The first-order valence-electron chi connectivity index (χ1n) is 9.90. The second-order valence-corrected chi connectivity index (χ2v) is 9.33. The molecule has 2 saturated heterocycles. The highest BCUT2D eigenvalue weighted by molar-refractivity contribution is 7.15. The van der Waals surface area contributed by atoms with Gasteiger partial charge in [-0.15, -0.1) is 0 Å². The summed E-state index contributed by atoms with van der Waals surface area (Å²) in [7, 11) is 0. The van der Waals surface area contributed by atoms with E-state index in [1.807, 2.05) is 4.90 Å². The first-order chi connectivity index (χ1) is 13.1. The highest BCUT2D eigenvalue weighted by atomic mass is 32.1. The molecule has 2 unspecified atom stereocenters. The van der Waals surface area contributed by atoms with Gasteiger partial charge in [-0.2, -0.15) is 0 Å². The van der Waals surface area contributed by atoms with Crippen LogP contribution in [-0.4, -0.2) is 54.6 Å². The fourth-order valence-corrected chi connectivity index (χ4v) is 5.58. The van der Waals surface area contributed by atoms with Crippen LogP contribution in [0.2, 0.25) is 0 Å². The number of amides is 2. The van der Waals surface area contributed by atoms with Crippen LogP contribution in [0.25, 0.3) is 0 Å². The van der Waals surface area contributed by atoms with Gasteiger partial charge in [0.05, 0.1) is 41.7 Å². The number of likely N-dealkylation sites (tertiary alicyclic amines) is 1. The van der Waals surface area contributed by atoms with Crippen molar-refractivity contribution >= 4 is 28.3 Å². The summed E-state index contributed by atoms with van der Waals surface area (Å²) >= 11 is 1.52. The Morgan fingerprint density at radius 2 is 2.11 bits per heavy atom. The van der Waals surface area contributed by atoms with Crippen molar-refractivity contribution in [1.29, 1.82) is 0 Å². The molecule has 1 aromatic heterocycles. The van der Waals surface area contributed by atoms with Gasteiger partial charge < -0.3 is 19.7 Å². The zero-order valence-electron chi connectivity index (χ0n) is 15.4. The largest absolute Gasteiger partial charge is 0.381 e. The number of nitrogens with zero attached hydrogens (tertiary/aromatic N) is 2. The molecule has 0 bridgehead atoms. The SMILES string of the molecule is O=C(Nc1nc2c(s1)COCC21CCN(C(=O)C2CCOC2)C1)C1CCC1. The number of carbonyl (C=O) groups excluding carboxylic acids is 2. The van der Waals surface area contributed by atoms with Crippen molar-refractivity contribution in [3.8, 4) is 0 Å². The Morgan fingerprint density at radius 3 is 2.85 bits per heavy atom. The predicted octanol–water partition coefficient (Wildman–Crippen LogP) is 1.92. The lowest BCUT2D eigenvalue weighted by molar-refractivity contribution is -0.134. The summed E-state index contributed by atoms with van der Waals surface area (Å²) in [6, 6.07) is 0. The highest BCUT2D eigenvalue weighted by Gasteiger charge is 2.48. The van der Waals surface area contributed by atoms with Crippen LogP contribution >= 0.6 is 11.3 Å². The van der Waals surface area contributed by atoms with Gasteiger partial charge in [-0.1, -0.05) is 17.8 Å². The van der Waals surface area contributed by atoms with Crippen molar-refractivity contribution in [2.24, 2.45) is 11.8 Å². The minimum absolute atomic E-state index is 0.00288. The Morgan fingerprint density at radius 1 is 1.22 bits per heavy atom. The maximum atomic E-state index is 12.8. The summed E-state index contributed by atoms with van der Waals surface area (Å²) in [5, 5.41) is 3.68. The van der Waals surface area contributed by atoms with E-state index in [2.05, 4.69) is 5.32 Å². The van der Waals surface area contributed by atoms with Crippen LogP contribution in [0.3, 0.4) is 0 Å². The van der Waals surface area contributed by atoms with Gasteiger partial charge in [0, 0.05) is 25.6 Å². The van der Waals surface area contributed by atoms with Crippen LogP contribution in [0, 0.1) is 11.8 Å². The second kappa shape index (κ2) is 6.83. The van der Waals surface area contributed by atoms with Gasteiger partial charge in [0.2, 0.25) is 11.8 Å². The molecular formula is C19H25N3O4S. The molecule has 3 aliphatic heterocycles. The molecule has 1 spiro atoms. The molecule has 1 saturated carbocycles. The van der Waals surface area contributed by atoms with E-state index in [0.717, 1.165) is 49.2 Å². The molecule has 1 N–H and O–H groups in total. The predicted molar refractivity (Wildman–Crippen MR) is 99.5 cm³/mol. The number of thiazole rings is 1. The van der Waals surface area contributed by atoms with Gasteiger partial charge in [-0.05, 0) is 25.7 Å². The Labute approximate surface area is 162 Å². The molecule has 4 heterocycles. The topological polar surface area (TPSA) is 80.8 Å². The number of hydrogen-bond donors (Lipinski definition) is 1. The van der Waals surface area contributed by atoms with Crippen LogP contribution in [0.15, 0.2) is 0 Å². The number of nitrogens with one attached hydrogen (secondary N) is 1. The average Bonchev–Trinajstić information content (AvgIpc) is 3.32. The number of aromatic nitrogens is 1. The fraction of sp³-hybridized carbons (Fsp3) is 0.737. The summed E-state index contributed by atoms with van der Waals surface area (Å²) in [4.78, 5) is 32.9. The van der Waals surface area contributed by atoms with Crippen LogP contribution in [0.1, 0.15) is 42.7 Å². The molecule has 146 valence electrons. The zero-order valence-corrected chi connectivity index (χ0v) is 16.2. The molecule has 0 aromatic carbocycles. The van der Waals surface area contributed by atoms with Crippen LogP contribution in [0.4, 0.5) is 5.13 Å². The number of rotatable bonds is 3. The number of hydrogen-bond acceptors (Lipinski definition) is 6.